The maximum atomic E-state index is 4.54. The van der Waals surface area contributed by atoms with Crippen LogP contribution in [0.5, 0.6) is 0 Å². The van der Waals surface area contributed by atoms with Gasteiger partial charge in [-0.05, 0) is 57.3 Å². The van der Waals surface area contributed by atoms with Crippen LogP contribution in [0.2, 0.25) is 0 Å². The van der Waals surface area contributed by atoms with E-state index in [4.69, 9.17) is 0 Å². The Morgan fingerprint density at radius 1 is 1.11 bits per heavy atom. The zero-order chi connectivity index (χ0) is 12.4. The summed E-state index contributed by atoms with van der Waals surface area (Å²) in [5.74, 6) is 1.19. The molecule has 0 bridgehead atoms. The van der Waals surface area contributed by atoms with Crippen molar-refractivity contribution in [2.24, 2.45) is 0 Å². The van der Waals surface area contributed by atoms with Crippen molar-refractivity contribution in [1.29, 1.82) is 0 Å². The second kappa shape index (κ2) is 5.27. The molecule has 0 unspecified atom stereocenters. The molecule has 2 saturated heterocycles. The van der Waals surface area contributed by atoms with Gasteiger partial charge in [0.2, 0.25) is 0 Å². The van der Waals surface area contributed by atoms with Gasteiger partial charge in [0.1, 0.15) is 5.82 Å². The molecule has 98 valence electrons. The molecule has 0 amide bonds. The summed E-state index contributed by atoms with van der Waals surface area (Å²) in [7, 11) is 0. The second-order valence-electron chi connectivity index (χ2n) is 5.61. The lowest BCUT2D eigenvalue weighted by atomic mass is 10.0. The van der Waals surface area contributed by atoms with Gasteiger partial charge in [-0.3, -0.25) is 0 Å². The van der Waals surface area contributed by atoms with Crippen LogP contribution in [-0.4, -0.2) is 42.1 Å². The Balaban J connectivity index is 1.61. The fourth-order valence-electron chi connectivity index (χ4n) is 3.36. The van der Waals surface area contributed by atoms with Crippen molar-refractivity contribution in [2.45, 2.75) is 38.6 Å². The predicted molar refractivity (Wildman–Crippen MR) is 75.0 cm³/mol. The molecule has 0 aromatic carbocycles. The summed E-state index contributed by atoms with van der Waals surface area (Å²) in [6.07, 6.45) is 7.32. The number of hydrogen-bond donors (Lipinski definition) is 0. The van der Waals surface area contributed by atoms with Crippen molar-refractivity contribution in [3.05, 3.63) is 23.9 Å². The minimum Gasteiger partial charge on any atom is -0.356 e. The smallest absolute Gasteiger partial charge is 0.131 e. The molecule has 2 fully saturated rings. The van der Waals surface area contributed by atoms with Crippen LogP contribution in [-0.2, 0) is 0 Å². The highest BCUT2D eigenvalue weighted by molar-refractivity contribution is 5.46. The first-order valence-electron chi connectivity index (χ1n) is 7.25. The van der Waals surface area contributed by atoms with E-state index in [1.54, 1.807) is 0 Å². The topological polar surface area (TPSA) is 19.4 Å². The highest BCUT2D eigenvalue weighted by atomic mass is 15.2. The van der Waals surface area contributed by atoms with Crippen LogP contribution < -0.4 is 4.90 Å². The Labute approximate surface area is 110 Å². The first kappa shape index (κ1) is 12.0. The number of likely N-dealkylation sites (tertiary alicyclic amines) is 1. The predicted octanol–water partition coefficient (Wildman–Crippen LogP) is 2.45. The van der Waals surface area contributed by atoms with Crippen molar-refractivity contribution in [1.82, 2.24) is 9.88 Å². The quantitative estimate of drug-likeness (QED) is 0.798. The van der Waals surface area contributed by atoms with E-state index in [2.05, 4.69) is 27.8 Å². The third-order valence-corrected chi connectivity index (χ3v) is 4.40. The lowest BCUT2D eigenvalue weighted by Gasteiger charge is -2.37. The van der Waals surface area contributed by atoms with Gasteiger partial charge < -0.3 is 9.80 Å². The van der Waals surface area contributed by atoms with Crippen molar-refractivity contribution in [3.8, 4) is 0 Å². The van der Waals surface area contributed by atoms with E-state index >= 15 is 0 Å². The molecule has 3 heterocycles. The normalized spacial score (nSPS) is 22.6. The summed E-state index contributed by atoms with van der Waals surface area (Å²) in [6, 6.07) is 5.01. The molecular weight excluding hydrogens is 222 g/mol. The van der Waals surface area contributed by atoms with Gasteiger partial charge in [-0.1, -0.05) is 6.07 Å². The van der Waals surface area contributed by atoms with Gasteiger partial charge in [-0.2, -0.15) is 0 Å². The number of nitrogens with zero attached hydrogens (tertiary/aromatic N) is 3. The Bertz CT molecular complexity index is 390. The van der Waals surface area contributed by atoms with Crippen LogP contribution in [0.3, 0.4) is 0 Å². The Morgan fingerprint density at radius 3 is 2.50 bits per heavy atom. The number of aromatic nitrogens is 1. The van der Waals surface area contributed by atoms with E-state index in [1.807, 2.05) is 12.3 Å². The average molecular weight is 245 g/mol. The van der Waals surface area contributed by atoms with Crippen LogP contribution in [0.4, 0.5) is 5.82 Å². The maximum absolute atomic E-state index is 4.54. The number of pyridine rings is 1. The van der Waals surface area contributed by atoms with E-state index in [1.165, 1.54) is 63.2 Å². The minimum absolute atomic E-state index is 0.827. The monoisotopic (exact) mass is 245 g/mol. The number of anilines is 1. The molecule has 0 aliphatic carbocycles. The van der Waals surface area contributed by atoms with Crippen molar-refractivity contribution in [2.75, 3.05) is 31.1 Å². The van der Waals surface area contributed by atoms with E-state index in [0.29, 0.717) is 0 Å². The molecule has 3 nitrogen and oxygen atoms in total. The average Bonchev–Trinajstić information content (AvgIpc) is 2.94. The molecule has 0 saturated carbocycles. The molecule has 3 heteroatoms. The molecule has 1 aromatic heterocycles. The maximum Gasteiger partial charge on any atom is 0.131 e. The third-order valence-electron chi connectivity index (χ3n) is 4.40. The van der Waals surface area contributed by atoms with Gasteiger partial charge >= 0.3 is 0 Å². The molecule has 0 N–H and O–H groups in total. The Hall–Kier alpha value is -1.09. The number of rotatable bonds is 2. The molecular formula is C15H23N3. The molecule has 0 radical (unpaired) electrons. The van der Waals surface area contributed by atoms with E-state index in [9.17, 15) is 0 Å². The fourth-order valence-corrected chi connectivity index (χ4v) is 3.36. The zero-order valence-corrected chi connectivity index (χ0v) is 11.3. The van der Waals surface area contributed by atoms with Gasteiger partial charge in [0.15, 0.2) is 0 Å². The summed E-state index contributed by atoms with van der Waals surface area (Å²) in [6.45, 7) is 7.15. The SMILES string of the molecule is Cc1cccnc1N1CCC(N2CCCC2)CC1. The van der Waals surface area contributed by atoms with Crippen molar-refractivity contribution in [3.63, 3.8) is 0 Å². The standard InChI is InChI=1S/C15H23N3/c1-13-5-4-8-16-15(13)18-11-6-14(7-12-18)17-9-2-3-10-17/h4-5,8,14H,2-3,6-7,9-12H2,1H3. The van der Waals surface area contributed by atoms with E-state index < -0.39 is 0 Å². The van der Waals surface area contributed by atoms with Crippen LogP contribution in [0.15, 0.2) is 18.3 Å². The summed E-state index contributed by atoms with van der Waals surface area (Å²) < 4.78 is 0. The lowest BCUT2D eigenvalue weighted by molar-refractivity contribution is 0.207. The van der Waals surface area contributed by atoms with E-state index in [0.717, 1.165) is 6.04 Å². The number of hydrogen-bond acceptors (Lipinski definition) is 3. The fraction of sp³-hybridized carbons (Fsp3) is 0.667. The van der Waals surface area contributed by atoms with E-state index in [-0.39, 0.29) is 0 Å². The van der Waals surface area contributed by atoms with Gasteiger partial charge in [-0.25, -0.2) is 4.98 Å². The molecule has 3 rings (SSSR count). The Morgan fingerprint density at radius 2 is 1.83 bits per heavy atom. The summed E-state index contributed by atoms with van der Waals surface area (Å²) in [4.78, 5) is 9.69. The van der Waals surface area contributed by atoms with Crippen LogP contribution in [0.25, 0.3) is 0 Å². The van der Waals surface area contributed by atoms with Crippen LogP contribution in [0, 0.1) is 6.92 Å². The lowest BCUT2D eigenvalue weighted by Crippen LogP contribution is -2.44. The molecule has 0 spiro atoms. The summed E-state index contributed by atoms with van der Waals surface area (Å²) in [5.41, 5.74) is 1.30. The number of aryl methyl sites for hydroxylation is 1. The zero-order valence-electron chi connectivity index (χ0n) is 11.3. The highest BCUT2D eigenvalue weighted by Gasteiger charge is 2.27. The molecule has 2 aliphatic heterocycles. The van der Waals surface area contributed by atoms with Crippen LogP contribution in [0.1, 0.15) is 31.2 Å². The minimum atomic E-state index is 0.827. The molecule has 2 aliphatic rings. The third kappa shape index (κ3) is 2.37. The summed E-state index contributed by atoms with van der Waals surface area (Å²) in [5, 5.41) is 0. The summed E-state index contributed by atoms with van der Waals surface area (Å²) >= 11 is 0. The molecule has 0 atom stereocenters. The van der Waals surface area contributed by atoms with Gasteiger partial charge in [-0.15, -0.1) is 0 Å². The van der Waals surface area contributed by atoms with Crippen LogP contribution >= 0.6 is 0 Å². The van der Waals surface area contributed by atoms with Gasteiger partial charge in [0.05, 0.1) is 0 Å². The first-order chi connectivity index (χ1) is 8.84. The second-order valence-corrected chi connectivity index (χ2v) is 5.61. The van der Waals surface area contributed by atoms with Crippen molar-refractivity contribution < 1.29 is 0 Å². The number of piperidine rings is 1. The first-order valence-corrected chi connectivity index (χ1v) is 7.25. The highest BCUT2D eigenvalue weighted by Crippen LogP contribution is 2.25. The largest absolute Gasteiger partial charge is 0.356 e. The van der Waals surface area contributed by atoms with Gasteiger partial charge in [0, 0.05) is 25.3 Å². The Kier molecular flexibility index (Phi) is 3.50. The van der Waals surface area contributed by atoms with Gasteiger partial charge in [0.25, 0.3) is 0 Å². The van der Waals surface area contributed by atoms with Crippen molar-refractivity contribution >= 4 is 5.82 Å². The molecule has 18 heavy (non-hydrogen) atoms. The molecule has 1 aromatic rings.